The molecule has 1 heterocycles. The van der Waals surface area contributed by atoms with Gasteiger partial charge in [0.15, 0.2) is 5.69 Å². The minimum Gasteiger partial charge on any atom is -0.496 e. The lowest BCUT2D eigenvalue weighted by Gasteiger charge is -2.07. The van der Waals surface area contributed by atoms with Crippen LogP contribution in [0, 0.1) is 11.3 Å². The summed E-state index contributed by atoms with van der Waals surface area (Å²) in [6.45, 7) is 0. The van der Waals surface area contributed by atoms with Crippen molar-refractivity contribution in [3.63, 3.8) is 0 Å². The molecule has 0 aliphatic rings. The molecule has 2 aromatic rings. The van der Waals surface area contributed by atoms with Crippen LogP contribution in [0.25, 0.3) is 0 Å². The molecule has 5 heteroatoms. The summed E-state index contributed by atoms with van der Waals surface area (Å²) in [5.41, 5.74) is 0.323. The predicted molar refractivity (Wildman–Crippen MR) is 63.9 cm³/mol. The van der Waals surface area contributed by atoms with Gasteiger partial charge in [-0.25, -0.2) is 9.97 Å². The van der Waals surface area contributed by atoms with Crippen molar-refractivity contribution < 1.29 is 4.74 Å². The maximum Gasteiger partial charge on any atom is 0.173 e. The SMILES string of the molecule is COc1ccccc1Sc1nccnc1C#N. The first kappa shape index (κ1) is 11.4. The summed E-state index contributed by atoms with van der Waals surface area (Å²) in [7, 11) is 1.61. The molecule has 84 valence electrons. The smallest absolute Gasteiger partial charge is 0.173 e. The van der Waals surface area contributed by atoms with Crippen LogP contribution in [0.4, 0.5) is 0 Å². The molecule has 4 nitrogen and oxygen atoms in total. The van der Waals surface area contributed by atoms with Gasteiger partial charge in [-0.05, 0) is 12.1 Å². The predicted octanol–water partition coefficient (Wildman–Crippen LogP) is 2.51. The van der Waals surface area contributed by atoms with Crippen molar-refractivity contribution in [2.24, 2.45) is 0 Å². The molecule has 0 radical (unpaired) electrons. The fraction of sp³-hybridized carbons (Fsp3) is 0.0833. The molecule has 0 fully saturated rings. The molecule has 0 spiro atoms. The highest BCUT2D eigenvalue weighted by molar-refractivity contribution is 7.99. The Morgan fingerprint density at radius 3 is 2.76 bits per heavy atom. The molecule has 0 bridgehead atoms. The van der Waals surface area contributed by atoms with E-state index in [9.17, 15) is 0 Å². The number of benzene rings is 1. The van der Waals surface area contributed by atoms with Crippen molar-refractivity contribution in [2.75, 3.05) is 7.11 Å². The van der Waals surface area contributed by atoms with Gasteiger partial charge in [0.05, 0.1) is 12.0 Å². The van der Waals surface area contributed by atoms with E-state index in [2.05, 4.69) is 9.97 Å². The molecule has 0 saturated carbocycles. The van der Waals surface area contributed by atoms with Gasteiger partial charge in [0.2, 0.25) is 0 Å². The largest absolute Gasteiger partial charge is 0.496 e. The topological polar surface area (TPSA) is 58.8 Å². The van der Waals surface area contributed by atoms with Crippen molar-refractivity contribution in [3.05, 3.63) is 42.4 Å². The number of rotatable bonds is 3. The van der Waals surface area contributed by atoms with Crippen LogP contribution < -0.4 is 4.74 Å². The second-order valence-corrected chi connectivity index (χ2v) is 4.11. The highest BCUT2D eigenvalue weighted by Crippen LogP contribution is 2.34. The first-order chi connectivity index (χ1) is 8.35. The maximum atomic E-state index is 8.93. The van der Waals surface area contributed by atoms with Crippen LogP contribution in [0.3, 0.4) is 0 Å². The number of para-hydroxylation sites is 1. The zero-order chi connectivity index (χ0) is 12.1. The van der Waals surface area contributed by atoms with Crippen LogP contribution in [-0.4, -0.2) is 17.1 Å². The molecule has 17 heavy (non-hydrogen) atoms. The van der Waals surface area contributed by atoms with E-state index in [1.165, 1.54) is 18.0 Å². The summed E-state index contributed by atoms with van der Waals surface area (Å²) in [4.78, 5) is 9.02. The normalized spacial score (nSPS) is 9.65. The molecule has 0 saturated heterocycles. The van der Waals surface area contributed by atoms with Crippen LogP contribution in [-0.2, 0) is 0 Å². The van der Waals surface area contributed by atoms with E-state index in [4.69, 9.17) is 10.00 Å². The molecule has 0 atom stereocenters. The third-order valence-electron chi connectivity index (χ3n) is 2.05. The van der Waals surface area contributed by atoms with Gasteiger partial charge in [-0.3, -0.25) is 0 Å². The van der Waals surface area contributed by atoms with Crippen molar-refractivity contribution in [1.82, 2.24) is 9.97 Å². The van der Waals surface area contributed by atoms with E-state index in [-0.39, 0.29) is 0 Å². The lowest BCUT2D eigenvalue weighted by molar-refractivity contribution is 0.405. The summed E-state index contributed by atoms with van der Waals surface area (Å²) >= 11 is 1.37. The van der Waals surface area contributed by atoms with Gasteiger partial charge in [0, 0.05) is 12.4 Å². The Hall–Kier alpha value is -2.06. The molecule has 0 aliphatic carbocycles. The number of nitrogens with zero attached hydrogens (tertiary/aromatic N) is 3. The fourth-order valence-electron chi connectivity index (χ4n) is 1.28. The Balaban J connectivity index is 2.35. The van der Waals surface area contributed by atoms with Crippen molar-refractivity contribution in [3.8, 4) is 11.8 Å². The molecule has 0 aliphatic heterocycles. The molecule has 1 aromatic heterocycles. The molecule has 0 unspecified atom stereocenters. The van der Waals surface area contributed by atoms with E-state index in [0.29, 0.717) is 10.7 Å². The minimum absolute atomic E-state index is 0.323. The Morgan fingerprint density at radius 1 is 1.24 bits per heavy atom. The first-order valence-electron chi connectivity index (χ1n) is 4.87. The minimum atomic E-state index is 0.323. The second-order valence-electron chi connectivity index (χ2n) is 3.07. The van der Waals surface area contributed by atoms with Crippen LogP contribution in [0.5, 0.6) is 5.75 Å². The standard InChI is InChI=1S/C12H9N3OS/c1-16-10-4-2-3-5-11(10)17-12-9(8-13)14-6-7-15-12/h2-7H,1H3. The van der Waals surface area contributed by atoms with Gasteiger partial charge in [-0.15, -0.1) is 0 Å². The Bertz CT molecular complexity index is 566. The van der Waals surface area contributed by atoms with E-state index < -0.39 is 0 Å². The van der Waals surface area contributed by atoms with Gasteiger partial charge >= 0.3 is 0 Å². The molecule has 0 amide bonds. The summed E-state index contributed by atoms with van der Waals surface area (Å²) in [5.74, 6) is 0.757. The summed E-state index contributed by atoms with van der Waals surface area (Å²) in [6.07, 6.45) is 3.07. The summed E-state index contributed by atoms with van der Waals surface area (Å²) < 4.78 is 5.24. The first-order valence-corrected chi connectivity index (χ1v) is 5.69. The third-order valence-corrected chi connectivity index (χ3v) is 3.10. The molecule has 0 N–H and O–H groups in total. The van der Waals surface area contributed by atoms with E-state index in [0.717, 1.165) is 10.6 Å². The Morgan fingerprint density at radius 2 is 2.00 bits per heavy atom. The van der Waals surface area contributed by atoms with Gasteiger partial charge in [-0.2, -0.15) is 5.26 Å². The fourth-order valence-corrected chi connectivity index (χ4v) is 2.20. The van der Waals surface area contributed by atoms with Crippen molar-refractivity contribution in [1.29, 1.82) is 5.26 Å². The van der Waals surface area contributed by atoms with E-state index in [1.54, 1.807) is 13.3 Å². The van der Waals surface area contributed by atoms with Gasteiger partial charge in [0.1, 0.15) is 16.8 Å². The zero-order valence-corrected chi connectivity index (χ0v) is 9.94. The van der Waals surface area contributed by atoms with Crippen molar-refractivity contribution >= 4 is 11.8 Å². The van der Waals surface area contributed by atoms with Crippen LogP contribution in [0.1, 0.15) is 5.69 Å². The summed E-state index contributed by atoms with van der Waals surface area (Å²) in [6, 6.07) is 9.60. The monoisotopic (exact) mass is 243 g/mol. The molecule has 2 rings (SSSR count). The van der Waals surface area contributed by atoms with E-state index >= 15 is 0 Å². The van der Waals surface area contributed by atoms with Gasteiger partial charge < -0.3 is 4.74 Å². The lowest BCUT2D eigenvalue weighted by atomic mass is 10.3. The second kappa shape index (κ2) is 5.32. The van der Waals surface area contributed by atoms with Crippen LogP contribution in [0.2, 0.25) is 0 Å². The van der Waals surface area contributed by atoms with Crippen LogP contribution in [0.15, 0.2) is 46.6 Å². The highest BCUT2D eigenvalue weighted by Gasteiger charge is 2.09. The number of hydrogen-bond acceptors (Lipinski definition) is 5. The quantitative estimate of drug-likeness (QED) is 0.829. The Labute approximate surface area is 103 Å². The van der Waals surface area contributed by atoms with Gasteiger partial charge in [0.25, 0.3) is 0 Å². The average Bonchev–Trinajstić information content (AvgIpc) is 2.40. The molecular formula is C12H9N3OS. The number of aromatic nitrogens is 2. The number of methoxy groups -OCH3 is 1. The molecular weight excluding hydrogens is 234 g/mol. The number of ether oxygens (including phenoxy) is 1. The third kappa shape index (κ3) is 2.55. The van der Waals surface area contributed by atoms with Gasteiger partial charge in [-0.1, -0.05) is 23.9 Å². The summed E-state index contributed by atoms with van der Waals surface area (Å²) in [5, 5.41) is 9.51. The lowest BCUT2D eigenvalue weighted by Crippen LogP contribution is -1.91. The van der Waals surface area contributed by atoms with Crippen molar-refractivity contribution in [2.45, 2.75) is 9.92 Å². The van der Waals surface area contributed by atoms with Crippen LogP contribution >= 0.6 is 11.8 Å². The number of hydrogen-bond donors (Lipinski definition) is 0. The Kier molecular flexibility index (Phi) is 3.58. The highest BCUT2D eigenvalue weighted by atomic mass is 32.2. The number of nitriles is 1. The van der Waals surface area contributed by atoms with E-state index in [1.807, 2.05) is 30.3 Å². The average molecular weight is 243 g/mol. The zero-order valence-electron chi connectivity index (χ0n) is 9.12. The maximum absolute atomic E-state index is 8.93. The molecule has 1 aromatic carbocycles.